The summed E-state index contributed by atoms with van der Waals surface area (Å²) in [5.74, 6) is -0.814. The molecule has 1 aliphatic heterocycles. The lowest BCUT2D eigenvalue weighted by Gasteiger charge is -2.23. The molecular weight excluding hydrogens is 395 g/mol. The van der Waals surface area contributed by atoms with Gasteiger partial charge in [0.1, 0.15) is 11.9 Å². The Morgan fingerprint density at radius 3 is 2.59 bits per heavy atom. The van der Waals surface area contributed by atoms with Crippen LogP contribution in [0.1, 0.15) is 24.8 Å². The molecule has 8 heteroatoms. The van der Waals surface area contributed by atoms with Crippen LogP contribution in [0.25, 0.3) is 0 Å². The zero-order valence-electron chi connectivity index (χ0n) is 16.1. The molecule has 0 aromatic heterocycles. The third kappa shape index (κ3) is 5.62. The molecule has 6 nitrogen and oxygen atoms in total. The molecule has 1 amide bonds. The number of amides is 1. The molecule has 0 bridgehead atoms. The fraction of sp³-hybridized carbons (Fsp3) is 0.381. The van der Waals surface area contributed by atoms with Crippen LogP contribution in [0.15, 0.2) is 59.5 Å². The molecule has 0 radical (unpaired) electrons. The number of nitrogens with zero attached hydrogens (tertiary/aromatic N) is 1. The van der Waals surface area contributed by atoms with Crippen LogP contribution in [0.5, 0.6) is 0 Å². The topological polar surface area (TPSA) is 75.7 Å². The average molecular weight is 421 g/mol. The number of benzene rings is 2. The summed E-state index contributed by atoms with van der Waals surface area (Å²) in [6.07, 6.45) is 1.71. The van der Waals surface area contributed by atoms with Gasteiger partial charge in [0.15, 0.2) is 0 Å². The molecule has 1 atom stereocenters. The van der Waals surface area contributed by atoms with Gasteiger partial charge >= 0.3 is 0 Å². The Kier molecular flexibility index (Phi) is 7.35. The van der Waals surface area contributed by atoms with E-state index in [2.05, 4.69) is 5.32 Å². The zero-order chi connectivity index (χ0) is 20.7. The number of carbonyl (C=O) groups is 1. The summed E-state index contributed by atoms with van der Waals surface area (Å²) in [4.78, 5) is 12.5. The Balaban J connectivity index is 1.46. The SMILES string of the molecule is O=C(NCCCOCc1ccccc1)[C@H]1CCCN1S(=O)(=O)c1ccc(F)cc1. The van der Waals surface area contributed by atoms with Crippen molar-refractivity contribution in [3.63, 3.8) is 0 Å². The molecular formula is C21H25FN2O4S. The van der Waals surface area contributed by atoms with Gasteiger partial charge in [-0.1, -0.05) is 30.3 Å². The third-order valence-electron chi connectivity index (χ3n) is 4.80. The van der Waals surface area contributed by atoms with Crippen molar-refractivity contribution in [2.24, 2.45) is 0 Å². The van der Waals surface area contributed by atoms with Gasteiger partial charge in [-0.2, -0.15) is 4.31 Å². The summed E-state index contributed by atoms with van der Waals surface area (Å²) in [5.41, 5.74) is 1.09. The predicted octanol–water partition coefficient (Wildman–Crippen LogP) is 2.70. The summed E-state index contributed by atoms with van der Waals surface area (Å²) in [6, 6.07) is 13.7. The highest BCUT2D eigenvalue weighted by Gasteiger charge is 2.39. The first-order valence-corrected chi connectivity index (χ1v) is 11.1. The highest BCUT2D eigenvalue weighted by molar-refractivity contribution is 7.89. The molecule has 0 aliphatic carbocycles. The van der Waals surface area contributed by atoms with E-state index >= 15 is 0 Å². The van der Waals surface area contributed by atoms with E-state index in [0.717, 1.165) is 17.7 Å². The summed E-state index contributed by atoms with van der Waals surface area (Å²) in [5, 5.41) is 2.80. The van der Waals surface area contributed by atoms with Gasteiger partial charge in [0, 0.05) is 19.7 Å². The van der Waals surface area contributed by atoms with Gasteiger partial charge in [-0.3, -0.25) is 4.79 Å². The van der Waals surface area contributed by atoms with Crippen molar-refractivity contribution in [3.8, 4) is 0 Å². The number of hydrogen-bond donors (Lipinski definition) is 1. The van der Waals surface area contributed by atoms with E-state index in [0.29, 0.717) is 39.0 Å². The number of hydrogen-bond acceptors (Lipinski definition) is 4. The van der Waals surface area contributed by atoms with E-state index < -0.39 is 21.9 Å². The molecule has 1 aliphatic rings. The van der Waals surface area contributed by atoms with E-state index in [1.807, 2.05) is 30.3 Å². The maximum absolute atomic E-state index is 13.1. The molecule has 0 spiro atoms. The smallest absolute Gasteiger partial charge is 0.243 e. The summed E-state index contributed by atoms with van der Waals surface area (Å²) in [7, 11) is -3.84. The Labute approximate surface area is 170 Å². The first kappa shape index (κ1) is 21.4. The number of sulfonamides is 1. The lowest BCUT2D eigenvalue weighted by atomic mass is 10.2. The normalized spacial score (nSPS) is 17.3. The van der Waals surface area contributed by atoms with Crippen molar-refractivity contribution in [2.45, 2.75) is 36.8 Å². The van der Waals surface area contributed by atoms with E-state index in [4.69, 9.17) is 4.74 Å². The number of carbonyl (C=O) groups excluding carboxylic acids is 1. The lowest BCUT2D eigenvalue weighted by molar-refractivity contribution is -0.124. The molecule has 2 aromatic rings. The van der Waals surface area contributed by atoms with Gasteiger partial charge in [-0.05, 0) is 49.1 Å². The molecule has 0 unspecified atom stereocenters. The number of nitrogens with one attached hydrogen (secondary N) is 1. The van der Waals surface area contributed by atoms with Crippen LogP contribution < -0.4 is 5.32 Å². The standard InChI is InChI=1S/C21H25FN2O4S/c22-18-9-11-19(12-10-18)29(26,27)24-14-4-8-20(24)21(25)23-13-5-15-28-16-17-6-2-1-3-7-17/h1-3,6-7,9-12,20H,4-5,8,13-16H2,(H,23,25)/t20-/m1/s1. The minimum absolute atomic E-state index is 0.00656. The second-order valence-corrected chi connectivity index (χ2v) is 8.80. The summed E-state index contributed by atoms with van der Waals surface area (Å²) in [6.45, 7) is 1.70. The molecule has 1 fully saturated rings. The highest BCUT2D eigenvalue weighted by atomic mass is 32.2. The first-order chi connectivity index (χ1) is 14.0. The van der Waals surface area contributed by atoms with Crippen LogP contribution in [0.3, 0.4) is 0 Å². The number of ether oxygens (including phenoxy) is 1. The number of halogens is 1. The molecule has 1 N–H and O–H groups in total. The second kappa shape index (κ2) is 9.96. The van der Waals surface area contributed by atoms with Crippen molar-refractivity contribution in [3.05, 3.63) is 66.0 Å². The van der Waals surface area contributed by atoms with Gasteiger partial charge in [-0.25, -0.2) is 12.8 Å². The Hall–Kier alpha value is -2.29. The predicted molar refractivity (Wildman–Crippen MR) is 107 cm³/mol. The van der Waals surface area contributed by atoms with Crippen LogP contribution in [-0.4, -0.2) is 44.4 Å². The van der Waals surface area contributed by atoms with E-state index in [1.54, 1.807) is 0 Å². The highest BCUT2D eigenvalue weighted by Crippen LogP contribution is 2.26. The minimum atomic E-state index is -3.84. The fourth-order valence-corrected chi connectivity index (χ4v) is 4.96. The fourth-order valence-electron chi connectivity index (χ4n) is 3.30. The van der Waals surface area contributed by atoms with Gasteiger partial charge in [0.25, 0.3) is 0 Å². The van der Waals surface area contributed by atoms with Crippen molar-refractivity contribution in [2.75, 3.05) is 19.7 Å². The van der Waals surface area contributed by atoms with Gasteiger partial charge in [0.2, 0.25) is 15.9 Å². The largest absolute Gasteiger partial charge is 0.377 e. The van der Waals surface area contributed by atoms with Gasteiger partial charge in [0.05, 0.1) is 11.5 Å². The molecule has 1 saturated heterocycles. The van der Waals surface area contributed by atoms with Crippen LogP contribution in [-0.2, 0) is 26.2 Å². The number of rotatable bonds is 9. The Bertz CT molecular complexity index is 904. The first-order valence-electron chi connectivity index (χ1n) is 9.65. The van der Waals surface area contributed by atoms with Crippen molar-refractivity contribution < 1.29 is 22.3 Å². The van der Waals surface area contributed by atoms with Crippen molar-refractivity contribution in [1.29, 1.82) is 0 Å². The van der Waals surface area contributed by atoms with E-state index in [-0.39, 0.29) is 17.3 Å². The van der Waals surface area contributed by atoms with E-state index in [9.17, 15) is 17.6 Å². The Morgan fingerprint density at radius 2 is 1.86 bits per heavy atom. The molecule has 3 rings (SSSR count). The lowest BCUT2D eigenvalue weighted by Crippen LogP contribution is -2.46. The van der Waals surface area contributed by atoms with Crippen LogP contribution in [0.4, 0.5) is 4.39 Å². The van der Waals surface area contributed by atoms with Crippen molar-refractivity contribution >= 4 is 15.9 Å². The molecule has 156 valence electrons. The van der Waals surface area contributed by atoms with Crippen LogP contribution in [0.2, 0.25) is 0 Å². The molecule has 2 aromatic carbocycles. The van der Waals surface area contributed by atoms with Crippen LogP contribution in [0, 0.1) is 5.82 Å². The maximum Gasteiger partial charge on any atom is 0.243 e. The van der Waals surface area contributed by atoms with Crippen LogP contribution >= 0.6 is 0 Å². The van der Waals surface area contributed by atoms with Crippen molar-refractivity contribution in [1.82, 2.24) is 9.62 Å². The second-order valence-electron chi connectivity index (χ2n) is 6.91. The molecule has 0 saturated carbocycles. The zero-order valence-corrected chi connectivity index (χ0v) is 16.9. The molecule has 1 heterocycles. The minimum Gasteiger partial charge on any atom is -0.377 e. The van der Waals surface area contributed by atoms with Gasteiger partial charge < -0.3 is 10.1 Å². The molecule has 29 heavy (non-hydrogen) atoms. The maximum atomic E-state index is 13.1. The van der Waals surface area contributed by atoms with Gasteiger partial charge in [-0.15, -0.1) is 0 Å². The van der Waals surface area contributed by atoms with E-state index in [1.165, 1.54) is 16.4 Å². The Morgan fingerprint density at radius 1 is 1.14 bits per heavy atom. The third-order valence-corrected chi connectivity index (χ3v) is 6.73. The average Bonchev–Trinajstić information content (AvgIpc) is 3.22. The quantitative estimate of drug-likeness (QED) is 0.633. The monoisotopic (exact) mass is 420 g/mol. The summed E-state index contributed by atoms with van der Waals surface area (Å²) >= 11 is 0. The summed E-state index contributed by atoms with van der Waals surface area (Å²) < 4.78 is 45.5.